The Labute approximate surface area is 142 Å². The van der Waals surface area contributed by atoms with Gasteiger partial charge in [0, 0.05) is 5.02 Å². The van der Waals surface area contributed by atoms with Crippen molar-refractivity contribution in [3.63, 3.8) is 0 Å². The first kappa shape index (κ1) is 16.1. The molecule has 1 heterocycles. The van der Waals surface area contributed by atoms with Crippen LogP contribution in [0, 0.1) is 5.82 Å². The third-order valence-corrected chi connectivity index (χ3v) is 3.54. The molecule has 0 bridgehead atoms. The summed E-state index contributed by atoms with van der Waals surface area (Å²) in [5.74, 6) is -0.352. The van der Waals surface area contributed by atoms with E-state index in [1.807, 2.05) is 0 Å². The van der Waals surface area contributed by atoms with Gasteiger partial charge >= 0.3 is 0 Å². The van der Waals surface area contributed by atoms with Crippen LogP contribution in [0.3, 0.4) is 0 Å². The molecule has 2 aromatic carbocycles. The Balaban J connectivity index is 1.58. The standard InChI is InChI=1S/C17H13ClFN3O2/c18-12-7-5-11(6-8-12)9-15(23)20-10-16-21-22-17(24-16)13-3-1-2-4-14(13)19/h1-8H,9-10H2,(H,20,23). The van der Waals surface area contributed by atoms with Gasteiger partial charge in [-0.25, -0.2) is 4.39 Å². The third-order valence-electron chi connectivity index (χ3n) is 3.29. The van der Waals surface area contributed by atoms with Crippen molar-refractivity contribution in [3.05, 3.63) is 70.8 Å². The summed E-state index contributed by atoms with van der Waals surface area (Å²) in [7, 11) is 0. The maximum Gasteiger partial charge on any atom is 0.250 e. The molecule has 0 saturated heterocycles. The molecule has 3 rings (SSSR count). The zero-order valence-electron chi connectivity index (χ0n) is 12.5. The van der Waals surface area contributed by atoms with Crippen molar-refractivity contribution in [1.29, 1.82) is 0 Å². The Hall–Kier alpha value is -2.73. The number of benzene rings is 2. The molecule has 3 aromatic rings. The van der Waals surface area contributed by atoms with Crippen LogP contribution in [-0.2, 0) is 17.8 Å². The fourth-order valence-corrected chi connectivity index (χ4v) is 2.22. The van der Waals surface area contributed by atoms with Gasteiger partial charge < -0.3 is 9.73 Å². The Kier molecular flexibility index (Phi) is 4.86. The lowest BCUT2D eigenvalue weighted by atomic mass is 10.1. The molecule has 0 fully saturated rings. The van der Waals surface area contributed by atoms with E-state index in [4.69, 9.17) is 16.0 Å². The van der Waals surface area contributed by atoms with Crippen LogP contribution in [0.5, 0.6) is 0 Å². The highest BCUT2D eigenvalue weighted by atomic mass is 35.5. The molecule has 0 saturated carbocycles. The largest absolute Gasteiger partial charge is 0.419 e. The summed E-state index contributed by atoms with van der Waals surface area (Å²) in [5.41, 5.74) is 1.07. The molecular weight excluding hydrogens is 333 g/mol. The highest BCUT2D eigenvalue weighted by molar-refractivity contribution is 6.30. The Bertz CT molecular complexity index is 849. The molecule has 0 spiro atoms. The second-order valence-electron chi connectivity index (χ2n) is 5.06. The van der Waals surface area contributed by atoms with Gasteiger partial charge in [-0.1, -0.05) is 35.9 Å². The quantitative estimate of drug-likeness (QED) is 0.769. The predicted octanol–water partition coefficient (Wildman–Crippen LogP) is 3.39. The van der Waals surface area contributed by atoms with E-state index >= 15 is 0 Å². The van der Waals surface area contributed by atoms with Crippen molar-refractivity contribution in [2.45, 2.75) is 13.0 Å². The molecule has 0 unspecified atom stereocenters. The molecule has 1 N–H and O–H groups in total. The second kappa shape index (κ2) is 7.23. The number of rotatable bonds is 5. The molecule has 0 aliphatic rings. The first-order valence-electron chi connectivity index (χ1n) is 7.20. The zero-order chi connectivity index (χ0) is 16.9. The summed E-state index contributed by atoms with van der Waals surface area (Å²) in [5, 5.41) is 10.9. The van der Waals surface area contributed by atoms with Crippen LogP contribution in [0.15, 0.2) is 52.9 Å². The van der Waals surface area contributed by atoms with Crippen molar-refractivity contribution in [2.75, 3.05) is 0 Å². The van der Waals surface area contributed by atoms with E-state index in [9.17, 15) is 9.18 Å². The van der Waals surface area contributed by atoms with Gasteiger partial charge in [0.25, 0.3) is 5.89 Å². The molecule has 0 radical (unpaired) electrons. The number of carbonyl (C=O) groups is 1. The van der Waals surface area contributed by atoms with Gasteiger partial charge in [-0.3, -0.25) is 4.79 Å². The van der Waals surface area contributed by atoms with Crippen molar-refractivity contribution >= 4 is 17.5 Å². The highest BCUT2D eigenvalue weighted by Crippen LogP contribution is 2.20. The van der Waals surface area contributed by atoms with Crippen molar-refractivity contribution in [1.82, 2.24) is 15.5 Å². The number of carbonyl (C=O) groups excluding carboxylic acids is 1. The third kappa shape index (κ3) is 3.97. The van der Waals surface area contributed by atoms with Gasteiger partial charge in [0.15, 0.2) is 0 Å². The zero-order valence-corrected chi connectivity index (χ0v) is 13.3. The van der Waals surface area contributed by atoms with Gasteiger partial charge in [0.05, 0.1) is 18.5 Å². The van der Waals surface area contributed by atoms with Crippen LogP contribution in [0.1, 0.15) is 11.5 Å². The predicted molar refractivity (Wildman–Crippen MR) is 86.7 cm³/mol. The van der Waals surface area contributed by atoms with Gasteiger partial charge in [-0.15, -0.1) is 10.2 Å². The number of amides is 1. The lowest BCUT2D eigenvalue weighted by Gasteiger charge is -2.03. The molecule has 0 atom stereocenters. The lowest BCUT2D eigenvalue weighted by Crippen LogP contribution is -2.24. The van der Waals surface area contributed by atoms with Crippen LogP contribution < -0.4 is 5.32 Å². The maximum absolute atomic E-state index is 13.7. The average molecular weight is 346 g/mol. The summed E-state index contributed by atoms with van der Waals surface area (Å²) in [4.78, 5) is 11.9. The van der Waals surface area contributed by atoms with E-state index in [-0.39, 0.29) is 36.2 Å². The second-order valence-corrected chi connectivity index (χ2v) is 5.50. The summed E-state index contributed by atoms with van der Waals surface area (Å²) in [6.45, 7) is 0.0773. The molecule has 122 valence electrons. The van der Waals surface area contributed by atoms with Gasteiger partial charge in [0.2, 0.25) is 11.8 Å². The van der Waals surface area contributed by atoms with E-state index in [1.54, 1.807) is 42.5 Å². The van der Waals surface area contributed by atoms with Gasteiger partial charge in [0.1, 0.15) is 5.82 Å². The Morgan fingerprint density at radius 1 is 1.12 bits per heavy atom. The highest BCUT2D eigenvalue weighted by Gasteiger charge is 2.13. The molecule has 5 nitrogen and oxygen atoms in total. The molecule has 0 aliphatic carbocycles. The summed E-state index contributed by atoms with van der Waals surface area (Å²) < 4.78 is 19.0. The van der Waals surface area contributed by atoms with Gasteiger partial charge in [-0.2, -0.15) is 0 Å². The smallest absolute Gasteiger partial charge is 0.250 e. The van der Waals surface area contributed by atoms with Crippen molar-refractivity contribution < 1.29 is 13.6 Å². The van der Waals surface area contributed by atoms with Crippen LogP contribution >= 0.6 is 11.6 Å². The fraction of sp³-hybridized carbons (Fsp3) is 0.118. The number of nitrogens with one attached hydrogen (secondary N) is 1. The Morgan fingerprint density at radius 2 is 1.88 bits per heavy atom. The van der Waals surface area contributed by atoms with E-state index < -0.39 is 5.82 Å². The molecule has 1 aromatic heterocycles. The maximum atomic E-state index is 13.7. The Morgan fingerprint density at radius 3 is 2.62 bits per heavy atom. The van der Waals surface area contributed by atoms with Crippen molar-refractivity contribution in [2.24, 2.45) is 0 Å². The molecule has 0 aliphatic heterocycles. The van der Waals surface area contributed by atoms with Crippen LogP contribution in [-0.4, -0.2) is 16.1 Å². The molecule has 1 amide bonds. The number of nitrogens with zero attached hydrogens (tertiary/aromatic N) is 2. The SMILES string of the molecule is O=C(Cc1ccc(Cl)cc1)NCc1nnc(-c2ccccc2F)o1. The van der Waals surface area contributed by atoms with E-state index in [1.165, 1.54) is 6.07 Å². The summed E-state index contributed by atoms with van der Waals surface area (Å²) >= 11 is 5.80. The molecule has 24 heavy (non-hydrogen) atoms. The first-order valence-corrected chi connectivity index (χ1v) is 7.58. The van der Waals surface area contributed by atoms with E-state index in [0.29, 0.717) is 5.02 Å². The van der Waals surface area contributed by atoms with E-state index in [0.717, 1.165) is 5.56 Å². The minimum Gasteiger partial charge on any atom is -0.419 e. The average Bonchev–Trinajstić information content (AvgIpc) is 3.04. The lowest BCUT2D eigenvalue weighted by molar-refractivity contribution is -0.120. The monoisotopic (exact) mass is 345 g/mol. The minimum atomic E-state index is -0.445. The van der Waals surface area contributed by atoms with E-state index in [2.05, 4.69) is 15.5 Å². The normalized spacial score (nSPS) is 10.6. The topological polar surface area (TPSA) is 68.0 Å². The first-order chi connectivity index (χ1) is 11.6. The van der Waals surface area contributed by atoms with Gasteiger partial charge in [-0.05, 0) is 29.8 Å². The minimum absolute atomic E-state index is 0.0773. The number of halogens is 2. The number of hydrogen-bond acceptors (Lipinski definition) is 4. The summed E-state index contributed by atoms with van der Waals surface area (Å²) in [6, 6.07) is 13.1. The van der Waals surface area contributed by atoms with Crippen LogP contribution in [0.25, 0.3) is 11.5 Å². The number of hydrogen-bond donors (Lipinski definition) is 1. The van der Waals surface area contributed by atoms with Crippen LogP contribution in [0.2, 0.25) is 5.02 Å². The number of aromatic nitrogens is 2. The molecular formula is C17H13ClFN3O2. The summed E-state index contributed by atoms with van der Waals surface area (Å²) in [6.07, 6.45) is 0.214. The fourth-order valence-electron chi connectivity index (χ4n) is 2.09. The molecule has 7 heteroatoms. The van der Waals surface area contributed by atoms with Crippen LogP contribution in [0.4, 0.5) is 4.39 Å². The van der Waals surface area contributed by atoms with Crippen molar-refractivity contribution in [3.8, 4) is 11.5 Å².